The van der Waals surface area contributed by atoms with E-state index in [0.29, 0.717) is 51.5 Å². The third-order valence-corrected chi connectivity index (χ3v) is 6.88. The number of unbranched alkanes of at least 4 members (excludes halogenated alkanes) is 3. The van der Waals surface area contributed by atoms with Crippen molar-refractivity contribution in [3.05, 3.63) is 47.5 Å². The van der Waals surface area contributed by atoms with Gasteiger partial charge in [0, 0.05) is 32.2 Å². The number of nitrogens with zero attached hydrogens (tertiary/aromatic N) is 2. The van der Waals surface area contributed by atoms with Crippen molar-refractivity contribution in [2.75, 3.05) is 0 Å². The Morgan fingerprint density at radius 2 is 1.82 bits per heavy atom. The average Bonchev–Trinajstić information content (AvgIpc) is 3.33. The minimum Gasteiger partial charge on any atom is -0.481 e. The van der Waals surface area contributed by atoms with Gasteiger partial charge in [0.25, 0.3) is 0 Å². The number of hydrogen-bond acceptors (Lipinski definition) is 6. The standard InChI is InChI=1S/C29H39N3O6/c33-26(15-5-1-3-7-17-28(35)36)31-30-20-22-11-9-12-23(19-22)21-32-24-13-10-14-25(24)38-29(37)18-8-4-2-6-16-27(32)34/h2,4,9,11-12,19-20,24-25H,1,3,5-8,10,13-18,21H2,(H,31,33)(H,35,36)/b4-2+,30-20+/t24-,25-/m0/s1. The van der Waals surface area contributed by atoms with E-state index in [2.05, 4.69) is 10.5 Å². The Hall–Kier alpha value is -3.49. The lowest BCUT2D eigenvalue weighted by Crippen LogP contribution is -2.45. The van der Waals surface area contributed by atoms with Crippen LogP contribution in [-0.2, 0) is 30.5 Å². The predicted molar refractivity (Wildman–Crippen MR) is 143 cm³/mol. The number of benzene rings is 1. The summed E-state index contributed by atoms with van der Waals surface area (Å²) in [4.78, 5) is 49.9. The smallest absolute Gasteiger partial charge is 0.306 e. The zero-order valence-corrected chi connectivity index (χ0v) is 22.0. The summed E-state index contributed by atoms with van der Waals surface area (Å²) in [6, 6.07) is 7.54. The van der Waals surface area contributed by atoms with Gasteiger partial charge in [-0.25, -0.2) is 5.43 Å². The third-order valence-electron chi connectivity index (χ3n) is 6.88. The summed E-state index contributed by atoms with van der Waals surface area (Å²) in [5.41, 5.74) is 4.28. The molecular weight excluding hydrogens is 486 g/mol. The Morgan fingerprint density at radius 1 is 1.05 bits per heavy atom. The molecule has 9 nitrogen and oxygen atoms in total. The quantitative estimate of drug-likeness (QED) is 0.144. The molecule has 9 heteroatoms. The van der Waals surface area contributed by atoms with Crippen molar-refractivity contribution in [1.29, 1.82) is 0 Å². The maximum atomic E-state index is 13.2. The Kier molecular flexibility index (Phi) is 12.0. The number of carboxylic acids is 1. The number of ether oxygens (including phenoxy) is 1. The summed E-state index contributed by atoms with van der Waals surface area (Å²) in [7, 11) is 0. The number of carbonyl (C=O) groups excluding carboxylic acids is 3. The molecule has 2 aliphatic rings. The highest BCUT2D eigenvalue weighted by Gasteiger charge is 2.37. The molecule has 0 saturated heterocycles. The van der Waals surface area contributed by atoms with Crippen LogP contribution in [0.1, 0.15) is 94.6 Å². The molecule has 0 radical (unpaired) electrons. The summed E-state index contributed by atoms with van der Waals surface area (Å²) in [5.74, 6) is -1.14. The fraction of sp³-hybridized carbons (Fsp3) is 0.552. The van der Waals surface area contributed by atoms with Gasteiger partial charge in [-0.1, -0.05) is 43.2 Å². The molecule has 2 atom stereocenters. The van der Waals surface area contributed by atoms with Gasteiger partial charge in [0.2, 0.25) is 11.8 Å². The summed E-state index contributed by atoms with van der Waals surface area (Å²) < 4.78 is 5.77. The molecule has 38 heavy (non-hydrogen) atoms. The molecule has 1 aromatic carbocycles. The number of aliphatic carboxylic acids is 1. The van der Waals surface area contributed by atoms with E-state index in [0.717, 1.165) is 43.2 Å². The Labute approximate surface area is 224 Å². The Balaban J connectivity index is 1.56. The van der Waals surface area contributed by atoms with Gasteiger partial charge in [-0.15, -0.1) is 0 Å². The van der Waals surface area contributed by atoms with E-state index < -0.39 is 5.97 Å². The zero-order valence-electron chi connectivity index (χ0n) is 22.0. The second-order valence-electron chi connectivity index (χ2n) is 9.94. The first-order valence-corrected chi connectivity index (χ1v) is 13.7. The fourth-order valence-electron chi connectivity index (χ4n) is 4.92. The number of rotatable bonds is 11. The lowest BCUT2D eigenvalue weighted by molar-refractivity contribution is -0.155. The van der Waals surface area contributed by atoms with E-state index in [4.69, 9.17) is 9.84 Å². The monoisotopic (exact) mass is 525 g/mol. The first-order chi connectivity index (χ1) is 18.4. The van der Waals surface area contributed by atoms with Crippen LogP contribution in [0.15, 0.2) is 41.5 Å². The van der Waals surface area contributed by atoms with Crippen LogP contribution in [0.3, 0.4) is 0 Å². The first kappa shape index (κ1) is 29.1. The minimum absolute atomic E-state index is 0.0532. The highest BCUT2D eigenvalue weighted by Crippen LogP contribution is 2.30. The molecular formula is C29H39N3O6. The molecule has 0 spiro atoms. The largest absolute Gasteiger partial charge is 0.481 e. The molecule has 1 aliphatic heterocycles. The second kappa shape index (κ2) is 15.7. The molecule has 206 valence electrons. The zero-order chi connectivity index (χ0) is 27.2. The van der Waals surface area contributed by atoms with Crippen LogP contribution < -0.4 is 5.43 Å². The molecule has 0 unspecified atom stereocenters. The number of nitrogens with one attached hydrogen (secondary N) is 1. The van der Waals surface area contributed by atoms with Gasteiger partial charge in [0.15, 0.2) is 0 Å². The van der Waals surface area contributed by atoms with E-state index in [1.807, 2.05) is 41.3 Å². The Bertz CT molecular complexity index is 1020. The van der Waals surface area contributed by atoms with Gasteiger partial charge in [-0.2, -0.15) is 5.10 Å². The van der Waals surface area contributed by atoms with E-state index in [1.54, 1.807) is 6.21 Å². The number of amides is 2. The Morgan fingerprint density at radius 3 is 2.61 bits per heavy atom. The fourth-order valence-corrected chi connectivity index (χ4v) is 4.92. The molecule has 2 amide bonds. The lowest BCUT2D eigenvalue weighted by Gasteiger charge is -2.33. The van der Waals surface area contributed by atoms with Gasteiger partial charge >= 0.3 is 11.9 Å². The maximum Gasteiger partial charge on any atom is 0.306 e. The average molecular weight is 526 g/mol. The molecule has 0 aromatic heterocycles. The van der Waals surface area contributed by atoms with Crippen molar-refractivity contribution < 1.29 is 29.0 Å². The van der Waals surface area contributed by atoms with Crippen LogP contribution in [0.2, 0.25) is 0 Å². The maximum absolute atomic E-state index is 13.2. The number of hydrogen-bond donors (Lipinski definition) is 2. The van der Waals surface area contributed by atoms with E-state index in [1.165, 1.54) is 0 Å². The van der Waals surface area contributed by atoms with Crippen molar-refractivity contribution in [3.63, 3.8) is 0 Å². The number of allylic oxidation sites excluding steroid dienone is 2. The van der Waals surface area contributed by atoms with Crippen LogP contribution in [0.4, 0.5) is 0 Å². The number of esters is 1. The summed E-state index contributed by atoms with van der Waals surface area (Å²) in [6.07, 6.45) is 13.2. The van der Waals surface area contributed by atoms with Crippen LogP contribution in [0.25, 0.3) is 0 Å². The molecule has 1 fully saturated rings. The highest BCUT2D eigenvalue weighted by atomic mass is 16.5. The molecule has 3 rings (SSSR count). The van der Waals surface area contributed by atoms with Gasteiger partial charge in [-0.05, 0) is 62.1 Å². The highest BCUT2D eigenvalue weighted by molar-refractivity contribution is 5.82. The SMILES string of the molecule is O=C(O)CCCCCCC(=O)N/N=C/c1cccc(CN2C(=O)CC/C=C/CCC(=O)O[C@H]3CCC[C@@H]32)c1. The second-order valence-corrected chi connectivity index (χ2v) is 9.94. The van der Waals surface area contributed by atoms with Crippen LogP contribution in [0.5, 0.6) is 0 Å². The molecule has 1 aromatic rings. The molecule has 0 bridgehead atoms. The summed E-state index contributed by atoms with van der Waals surface area (Å²) in [6.45, 7) is 0.414. The van der Waals surface area contributed by atoms with Gasteiger partial charge in [-0.3, -0.25) is 19.2 Å². The molecule has 1 saturated carbocycles. The van der Waals surface area contributed by atoms with E-state index in [-0.39, 0.29) is 36.4 Å². The summed E-state index contributed by atoms with van der Waals surface area (Å²) >= 11 is 0. The van der Waals surface area contributed by atoms with Crippen LogP contribution in [-0.4, -0.2) is 52.1 Å². The third kappa shape index (κ3) is 10.1. The van der Waals surface area contributed by atoms with Crippen molar-refractivity contribution in [3.8, 4) is 0 Å². The predicted octanol–water partition coefficient (Wildman–Crippen LogP) is 4.49. The molecule has 1 aliphatic carbocycles. The molecule has 1 heterocycles. The van der Waals surface area contributed by atoms with Crippen molar-refractivity contribution >= 4 is 30.0 Å². The van der Waals surface area contributed by atoms with E-state index >= 15 is 0 Å². The van der Waals surface area contributed by atoms with Crippen molar-refractivity contribution in [2.24, 2.45) is 5.10 Å². The summed E-state index contributed by atoms with van der Waals surface area (Å²) in [5, 5.41) is 12.7. The van der Waals surface area contributed by atoms with Crippen LogP contribution in [0, 0.1) is 0 Å². The minimum atomic E-state index is -0.795. The topological polar surface area (TPSA) is 125 Å². The number of fused-ring (bicyclic) bond motifs is 1. The van der Waals surface area contributed by atoms with Gasteiger partial charge in [0.05, 0.1) is 12.3 Å². The van der Waals surface area contributed by atoms with Gasteiger partial charge < -0.3 is 14.7 Å². The van der Waals surface area contributed by atoms with Crippen molar-refractivity contribution in [2.45, 2.75) is 102 Å². The number of carbonyl (C=O) groups is 4. The van der Waals surface area contributed by atoms with E-state index in [9.17, 15) is 19.2 Å². The van der Waals surface area contributed by atoms with Crippen LogP contribution >= 0.6 is 0 Å². The molecule has 2 N–H and O–H groups in total. The normalized spacial score (nSPS) is 21.3. The van der Waals surface area contributed by atoms with Crippen molar-refractivity contribution in [1.82, 2.24) is 10.3 Å². The first-order valence-electron chi connectivity index (χ1n) is 13.7. The number of hydrazone groups is 1. The van der Waals surface area contributed by atoms with Gasteiger partial charge in [0.1, 0.15) is 6.10 Å². The lowest BCUT2D eigenvalue weighted by atomic mass is 10.1. The number of carboxylic acid groups (broad SMARTS) is 1.